The highest BCUT2D eigenvalue weighted by molar-refractivity contribution is 9.09. The molecule has 1 aromatic carbocycles. The molecule has 0 spiro atoms. The van der Waals surface area contributed by atoms with Crippen molar-refractivity contribution in [3.05, 3.63) is 23.8 Å². The second-order valence-corrected chi connectivity index (χ2v) is 5.34. The first kappa shape index (κ1) is 11.8. The summed E-state index contributed by atoms with van der Waals surface area (Å²) in [5.74, 6) is 2.42. The molecule has 3 heteroatoms. The molecule has 16 heavy (non-hydrogen) atoms. The summed E-state index contributed by atoms with van der Waals surface area (Å²) in [6.07, 6.45) is 3.74. The Hall–Kier alpha value is -0.700. The van der Waals surface area contributed by atoms with Gasteiger partial charge >= 0.3 is 0 Å². The third-order valence-corrected chi connectivity index (χ3v) is 4.36. The molecule has 88 valence electrons. The van der Waals surface area contributed by atoms with Crippen molar-refractivity contribution in [3.63, 3.8) is 0 Å². The van der Waals surface area contributed by atoms with Crippen LogP contribution in [0.25, 0.3) is 0 Å². The molecule has 1 aromatic rings. The summed E-state index contributed by atoms with van der Waals surface area (Å²) in [6, 6.07) is 6.04. The second kappa shape index (κ2) is 5.09. The first-order valence-electron chi connectivity index (χ1n) is 5.62. The zero-order valence-corrected chi connectivity index (χ0v) is 11.3. The predicted octanol–water partition coefficient (Wildman–Crippen LogP) is 3.73. The van der Waals surface area contributed by atoms with Crippen molar-refractivity contribution in [3.8, 4) is 11.5 Å². The highest BCUT2D eigenvalue weighted by Gasteiger charge is 2.28. The zero-order valence-electron chi connectivity index (χ0n) is 9.70. The summed E-state index contributed by atoms with van der Waals surface area (Å²) in [5.41, 5.74) is 1.27. The highest BCUT2D eigenvalue weighted by atomic mass is 79.9. The molecule has 1 fully saturated rings. The number of rotatable bonds is 3. The lowest BCUT2D eigenvalue weighted by molar-refractivity contribution is 0.395. The van der Waals surface area contributed by atoms with Crippen LogP contribution >= 0.6 is 15.9 Å². The summed E-state index contributed by atoms with van der Waals surface area (Å²) in [5, 5.41) is 0. The minimum atomic E-state index is 0.546. The second-order valence-electron chi connectivity index (χ2n) is 4.16. The van der Waals surface area contributed by atoms with Crippen molar-refractivity contribution in [1.82, 2.24) is 0 Å². The van der Waals surface area contributed by atoms with E-state index in [1.807, 2.05) is 12.1 Å². The van der Waals surface area contributed by atoms with Crippen LogP contribution in [-0.2, 0) is 0 Å². The van der Waals surface area contributed by atoms with E-state index in [0.29, 0.717) is 10.7 Å². The van der Waals surface area contributed by atoms with Gasteiger partial charge in [0.1, 0.15) is 11.5 Å². The topological polar surface area (TPSA) is 18.5 Å². The Balaban J connectivity index is 2.36. The van der Waals surface area contributed by atoms with Gasteiger partial charge in [0.15, 0.2) is 0 Å². The number of methoxy groups -OCH3 is 2. The Labute approximate surface area is 105 Å². The maximum absolute atomic E-state index is 5.43. The summed E-state index contributed by atoms with van der Waals surface area (Å²) in [6.45, 7) is 0. The molecule has 0 N–H and O–H groups in total. The molecular formula is C13H17BrO2. The van der Waals surface area contributed by atoms with Crippen molar-refractivity contribution in [2.75, 3.05) is 14.2 Å². The van der Waals surface area contributed by atoms with E-state index in [0.717, 1.165) is 11.5 Å². The molecular weight excluding hydrogens is 268 g/mol. The Bertz CT molecular complexity index is 365. The van der Waals surface area contributed by atoms with Crippen LogP contribution in [0.2, 0.25) is 0 Å². The molecule has 1 aliphatic rings. The van der Waals surface area contributed by atoms with Gasteiger partial charge in [0.2, 0.25) is 0 Å². The smallest absolute Gasteiger partial charge is 0.122 e. The van der Waals surface area contributed by atoms with Crippen LogP contribution in [0.4, 0.5) is 0 Å². The molecule has 0 aliphatic heterocycles. The van der Waals surface area contributed by atoms with E-state index in [1.54, 1.807) is 14.2 Å². The van der Waals surface area contributed by atoms with E-state index in [-0.39, 0.29) is 0 Å². The minimum absolute atomic E-state index is 0.546. The van der Waals surface area contributed by atoms with Crippen molar-refractivity contribution in [2.45, 2.75) is 30.0 Å². The highest BCUT2D eigenvalue weighted by Crippen LogP contribution is 2.43. The van der Waals surface area contributed by atoms with Gasteiger partial charge in [-0.25, -0.2) is 0 Å². The van der Waals surface area contributed by atoms with Crippen LogP contribution in [0.15, 0.2) is 18.2 Å². The minimum Gasteiger partial charge on any atom is -0.497 e. The Morgan fingerprint density at radius 3 is 2.56 bits per heavy atom. The standard InChI is InChI=1S/C13H17BrO2/c1-15-9-6-7-13(16-2)11(8-9)10-4-3-5-12(10)14/h6-8,10,12H,3-5H2,1-2H3. The van der Waals surface area contributed by atoms with Gasteiger partial charge in [-0.2, -0.15) is 0 Å². The van der Waals surface area contributed by atoms with Gasteiger partial charge < -0.3 is 9.47 Å². The molecule has 1 aliphatic carbocycles. The third-order valence-electron chi connectivity index (χ3n) is 3.27. The van der Waals surface area contributed by atoms with Gasteiger partial charge in [0, 0.05) is 16.3 Å². The number of hydrogen-bond acceptors (Lipinski definition) is 2. The molecule has 2 atom stereocenters. The van der Waals surface area contributed by atoms with E-state index >= 15 is 0 Å². The van der Waals surface area contributed by atoms with Gasteiger partial charge in [-0.05, 0) is 31.0 Å². The van der Waals surface area contributed by atoms with Gasteiger partial charge in [0.05, 0.1) is 14.2 Å². The first-order chi connectivity index (χ1) is 7.76. The SMILES string of the molecule is COc1ccc(OC)c(C2CCCC2Br)c1. The Morgan fingerprint density at radius 1 is 1.19 bits per heavy atom. The predicted molar refractivity (Wildman–Crippen MR) is 68.9 cm³/mol. The van der Waals surface area contributed by atoms with E-state index in [4.69, 9.17) is 9.47 Å². The van der Waals surface area contributed by atoms with Crippen molar-refractivity contribution in [1.29, 1.82) is 0 Å². The third kappa shape index (κ3) is 2.19. The van der Waals surface area contributed by atoms with E-state index in [2.05, 4.69) is 22.0 Å². The van der Waals surface area contributed by atoms with Gasteiger partial charge in [-0.1, -0.05) is 22.4 Å². The van der Waals surface area contributed by atoms with Crippen LogP contribution < -0.4 is 9.47 Å². The number of alkyl halides is 1. The van der Waals surface area contributed by atoms with Crippen molar-refractivity contribution >= 4 is 15.9 Å². The zero-order chi connectivity index (χ0) is 11.5. The quantitative estimate of drug-likeness (QED) is 0.788. The fourth-order valence-corrected chi connectivity index (χ4v) is 3.27. The summed E-state index contributed by atoms with van der Waals surface area (Å²) in [4.78, 5) is 0.563. The molecule has 0 amide bonds. The molecule has 0 aromatic heterocycles. The van der Waals surface area contributed by atoms with E-state index in [9.17, 15) is 0 Å². The van der Waals surface area contributed by atoms with Gasteiger partial charge in [-0.3, -0.25) is 0 Å². The molecule has 1 saturated carbocycles. The fraction of sp³-hybridized carbons (Fsp3) is 0.538. The fourth-order valence-electron chi connectivity index (χ4n) is 2.39. The average molecular weight is 285 g/mol. The van der Waals surface area contributed by atoms with Crippen LogP contribution in [0.3, 0.4) is 0 Å². The molecule has 2 rings (SSSR count). The monoisotopic (exact) mass is 284 g/mol. The van der Waals surface area contributed by atoms with Gasteiger partial charge in [0.25, 0.3) is 0 Å². The van der Waals surface area contributed by atoms with Crippen molar-refractivity contribution in [2.24, 2.45) is 0 Å². The summed E-state index contributed by atoms with van der Waals surface area (Å²) in [7, 11) is 3.43. The average Bonchev–Trinajstić information content (AvgIpc) is 2.74. The molecule has 2 nitrogen and oxygen atoms in total. The van der Waals surface area contributed by atoms with Crippen LogP contribution in [0.1, 0.15) is 30.7 Å². The van der Waals surface area contributed by atoms with Crippen LogP contribution in [-0.4, -0.2) is 19.0 Å². The van der Waals surface area contributed by atoms with Crippen molar-refractivity contribution < 1.29 is 9.47 Å². The molecule has 0 heterocycles. The van der Waals surface area contributed by atoms with E-state index in [1.165, 1.54) is 24.8 Å². The first-order valence-corrected chi connectivity index (χ1v) is 6.54. The number of benzene rings is 1. The summed E-state index contributed by atoms with van der Waals surface area (Å²) < 4.78 is 10.7. The lowest BCUT2D eigenvalue weighted by Gasteiger charge is -2.18. The lowest BCUT2D eigenvalue weighted by Crippen LogP contribution is -2.06. The maximum Gasteiger partial charge on any atom is 0.122 e. The maximum atomic E-state index is 5.43. The molecule has 0 bridgehead atoms. The number of halogens is 1. The molecule has 0 saturated heterocycles. The molecule has 0 radical (unpaired) electrons. The number of ether oxygens (including phenoxy) is 2. The lowest BCUT2D eigenvalue weighted by atomic mass is 9.96. The normalized spacial score (nSPS) is 24.4. The van der Waals surface area contributed by atoms with Gasteiger partial charge in [-0.15, -0.1) is 0 Å². The van der Waals surface area contributed by atoms with E-state index < -0.39 is 0 Å². The van der Waals surface area contributed by atoms with Crippen LogP contribution in [0.5, 0.6) is 11.5 Å². The number of hydrogen-bond donors (Lipinski definition) is 0. The van der Waals surface area contributed by atoms with Crippen LogP contribution in [0, 0.1) is 0 Å². The Kier molecular flexibility index (Phi) is 3.74. The Morgan fingerprint density at radius 2 is 2.00 bits per heavy atom. The molecule has 2 unspecified atom stereocenters. The largest absolute Gasteiger partial charge is 0.497 e. The summed E-state index contributed by atoms with van der Waals surface area (Å²) >= 11 is 3.75.